The Balaban J connectivity index is 2.00. The van der Waals surface area contributed by atoms with Crippen LogP contribution in [0.4, 0.5) is 4.79 Å². The van der Waals surface area contributed by atoms with Gasteiger partial charge in [0.05, 0.1) is 39.0 Å². The number of ether oxygens (including phenoxy) is 3. The van der Waals surface area contributed by atoms with Crippen LogP contribution in [0.1, 0.15) is 51.6 Å². The molecule has 0 N–H and O–H groups in total. The van der Waals surface area contributed by atoms with Gasteiger partial charge in [-0.2, -0.15) is 4.37 Å². The van der Waals surface area contributed by atoms with Crippen molar-refractivity contribution >= 4 is 23.5 Å². The van der Waals surface area contributed by atoms with Crippen LogP contribution in [0.15, 0.2) is 6.08 Å². The third kappa shape index (κ3) is 5.41. The van der Waals surface area contributed by atoms with Gasteiger partial charge in [0.25, 0.3) is 5.88 Å². The highest BCUT2D eigenvalue weighted by molar-refractivity contribution is 6.99. The average molecular weight is 385 g/mol. The first-order valence-electron chi connectivity index (χ1n) is 9.23. The van der Waals surface area contributed by atoms with Crippen LogP contribution in [0.3, 0.4) is 0 Å². The number of hydrogen-bond donors (Lipinski definition) is 0. The first kappa shape index (κ1) is 20.6. The fraction of sp³-hybridized carbons (Fsp3) is 0.722. The summed E-state index contributed by atoms with van der Waals surface area (Å²) in [7, 11) is 3.40. The maximum atomic E-state index is 11.5. The van der Waals surface area contributed by atoms with Crippen molar-refractivity contribution in [3.63, 3.8) is 0 Å². The van der Waals surface area contributed by atoms with E-state index in [0.717, 1.165) is 30.7 Å². The predicted octanol–water partition coefficient (Wildman–Crippen LogP) is 3.86. The molecule has 0 spiro atoms. The first-order valence-corrected chi connectivity index (χ1v) is 9.96. The molecule has 0 saturated heterocycles. The van der Waals surface area contributed by atoms with E-state index in [1.54, 1.807) is 0 Å². The Morgan fingerprint density at radius 2 is 2.15 bits per heavy atom. The molecule has 26 heavy (non-hydrogen) atoms. The number of carbonyl (C=O) groups is 1. The van der Waals surface area contributed by atoms with Gasteiger partial charge in [-0.25, -0.2) is 4.79 Å². The molecule has 0 amide bonds. The number of methoxy groups -OCH3 is 1. The summed E-state index contributed by atoms with van der Waals surface area (Å²) in [5.41, 5.74) is 1.91. The summed E-state index contributed by atoms with van der Waals surface area (Å²) in [6, 6.07) is 0. The summed E-state index contributed by atoms with van der Waals surface area (Å²) >= 11 is 1.17. The molecule has 0 bridgehead atoms. The van der Waals surface area contributed by atoms with Crippen LogP contribution in [0.25, 0.3) is 5.57 Å². The van der Waals surface area contributed by atoms with Gasteiger partial charge in [-0.05, 0) is 6.42 Å². The second kappa shape index (κ2) is 9.87. The maximum absolute atomic E-state index is 11.5. The van der Waals surface area contributed by atoms with Crippen molar-refractivity contribution in [2.75, 3.05) is 33.9 Å². The second-order valence-corrected chi connectivity index (χ2v) is 7.41. The zero-order valence-corrected chi connectivity index (χ0v) is 17.0. The van der Waals surface area contributed by atoms with E-state index in [0.29, 0.717) is 23.5 Å². The Morgan fingerprint density at radius 3 is 2.88 bits per heavy atom. The van der Waals surface area contributed by atoms with Gasteiger partial charge in [0, 0.05) is 18.9 Å². The zero-order valence-electron chi connectivity index (χ0n) is 16.2. The number of quaternary nitrogens is 1. The van der Waals surface area contributed by atoms with Gasteiger partial charge in [-0.1, -0.05) is 32.3 Å². The van der Waals surface area contributed by atoms with E-state index >= 15 is 0 Å². The Morgan fingerprint density at radius 1 is 1.35 bits per heavy atom. The Hall–Kier alpha value is -1.67. The van der Waals surface area contributed by atoms with E-state index in [1.165, 1.54) is 38.1 Å². The van der Waals surface area contributed by atoms with Gasteiger partial charge >= 0.3 is 6.16 Å². The van der Waals surface area contributed by atoms with Crippen LogP contribution < -0.4 is 4.74 Å². The minimum absolute atomic E-state index is 0.309. The molecule has 1 aliphatic rings. The minimum atomic E-state index is -0.653. The molecular weight excluding hydrogens is 354 g/mol. The molecule has 2 heterocycles. The average Bonchev–Trinajstić information content (AvgIpc) is 3.10. The highest BCUT2D eigenvalue weighted by Gasteiger charge is 2.36. The number of rotatable bonds is 9. The second-order valence-electron chi connectivity index (χ2n) is 6.88. The van der Waals surface area contributed by atoms with Crippen LogP contribution >= 0.6 is 11.7 Å². The van der Waals surface area contributed by atoms with Crippen LogP contribution in [0, 0.1) is 0 Å². The lowest BCUT2D eigenvalue weighted by molar-refractivity contribution is -0.944. The minimum Gasteiger partial charge on any atom is -0.475 e. The van der Waals surface area contributed by atoms with Crippen LogP contribution in [-0.4, -0.2) is 59.5 Å². The van der Waals surface area contributed by atoms with Gasteiger partial charge in [0.2, 0.25) is 6.23 Å². The topological polar surface area (TPSA) is 70.5 Å². The van der Waals surface area contributed by atoms with Crippen molar-refractivity contribution < 1.29 is 23.5 Å². The largest absolute Gasteiger partial charge is 0.512 e. The summed E-state index contributed by atoms with van der Waals surface area (Å²) in [6.07, 6.45) is 6.74. The molecule has 1 aromatic heterocycles. The number of aromatic nitrogens is 2. The lowest BCUT2D eigenvalue weighted by Gasteiger charge is -2.40. The van der Waals surface area contributed by atoms with Crippen LogP contribution in [-0.2, 0) is 9.47 Å². The monoisotopic (exact) mass is 384 g/mol. The highest BCUT2D eigenvalue weighted by atomic mass is 32.1. The van der Waals surface area contributed by atoms with Crippen LogP contribution in [0.5, 0.6) is 5.88 Å². The zero-order chi connectivity index (χ0) is 19.0. The van der Waals surface area contributed by atoms with Gasteiger partial charge in [0.15, 0.2) is 0 Å². The summed E-state index contributed by atoms with van der Waals surface area (Å²) in [6.45, 7) is 6.34. The van der Waals surface area contributed by atoms with E-state index in [-0.39, 0.29) is 6.23 Å². The van der Waals surface area contributed by atoms with Gasteiger partial charge in [-0.15, -0.1) is 4.37 Å². The maximum Gasteiger partial charge on any atom is 0.512 e. The fourth-order valence-electron chi connectivity index (χ4n) is 3.03. The van der Waals surface area contributed by atoms with Crippen molar-refractivity contribution in [1.29, 1.82) is 0 Å². The lowest BCUT2D eigenvalue weighted by Crippen LogP contribution is -2.55. The first-order chi connectivity index (χ1) is 12.5. The number of hydrogen-bond acceptors (Lipinski definition) is 7. The SMILES string of the molecule is CCCCCCOc1nsnc1C1=CCC[N+](C)([C@@H](C)OC(=O)OC)C1. The van der Waals surface area contributed by atoms with Crippen molar-refractivity contribution in [3.05, 3.63) is 11.8 Å². The number of likely N-dealkylation sites (N-methyl/N-ethyl adjacent to an activating group) is 1. The van der Waals surface area contributed by atoms with E-state index < -0.39 is 6.16 Å². The molecule has 8 heteroatoms. The van der Waals surface area contributed by atoms with Crippen LogP contribution in [0.2, 0.25) is 0 Å². The van der Waals surface area contributed by atoms with Crippen molar-refractivity contribution in [1.82, 2.24) is 8.75 Å². The van der Waals surface area contributed by atoms with Gasteiger partial charge < -0.3 is 14.2 Å². The van der Waals surface area contributed by atoms with Crippen molar-refractivity contribution in [2.24, 2.45) is 0 Å². The van der Waals surface area contributed by atoms with E-state index in [1.807, 2.05) is 6.92 Å². The highest BCUT2D eigenvalue weighted by Crippen LogP contribution is 2.31. The Kier molecular flexibility index (Phi) is 7.84. The fourth-order valence-corrected chi connectivity index (χ4v) is 3.56. The van der Waals surface area contributed by atoms with Gasteiger partial charge in [0.1, 0.15) is 12.2 Å². The van der Waals surface area contributed by atoms with E-state index in [4.69, 9.17) is 9.47 Å². The molecule has 0 aromatic carbocycles. The summed E-state index contributed by atoms with van der Waals surface area (Å²) < 4.78 is 25.2. The Bertz CT molecular complexity index is 619. The molecular formula is C18H30N3O4S+. The van der Waals surface area contributed by atoms with E-state index in [2.05, 4.69) is 33.5 Å². The normalized spacial score (nSPS) is 21.0. The van der Waals surface area contributed by atoms with E-state index in [9.17, 15) is 4.79 Å². The molecule has 0 fully saturated rings. The third-order valence-corrected chi connectivity index (χ3v) is 5.38. The standard InChI is InChI=1S/C18H30N3O4S/c1-5-6-7-8-12-24-17-16(19-26-20-17)15-10-9-11-21(3,13-15)14(2)25-18(22)23-4/h10,14H,5-9,11-13H2,1-4H3/q+1/t14-,21?/m1/s1. The predicted molar refractivity (Wildman–Crippen MR) is 101 cm³/mol. The summed E-state index contributed by atoms with van der Waals surface area (Å²) in [5, 5.41) is 0. The molecule has 7 nitrogen and oxygen atoms in total. The molecule has 146 valence electrons. The molecule has 2 rings (SSSR count). The lowest BCUT2D eigenvalue weighted by atomic mass is 10.0. The molecule has 0 aliphatic carbocycles. The number of carbonyl (C=O) groups excluding carboxylic acids is 1. The summed E-state index contributed by atoms with van der Waals surface area (Å²) in [5.74, 6) is 0.618. The molecule has 1 unspecified atom stereocenters. The summed E-state index contributed by atoms with van der Waals surface area (Å²) in [4.78, 5) is 11.5. The molecule has 0 saturated carbocycles. The molecule has 1 aromatic rings. The molecule has 2 atom stereocenters. The number of unbranched alkanes of at least 4 members (excludes halogenated alkanes) is 3. The number of nitrogens with zero attached hydrogens (tertiary/aromatic N) is 3. The smallest absolute Gasteiger partial charge is 0.475 e. The van der Waals surface area contributed by atoms with Crippen molar-refractivity contribution in [3.8, 4) is 5.88 Å². The quantitative estimate of drug-likeness (QED) is 0.366. The molecule has 0 radical (unpaired) electrons. The Labute approximate surface area is 159 Å². The van der Waals surface area contributed by atoms with Gasteiger partial charge in [-0.3, -0.25) is 4.48 Å². The third-order valence-electron chi connectivity index (χ3n) is 4.87. The van der Waals surface area contributed by atoms with Crippen molar-refractivity contribution in [2.45, 2.75) is 52.2 Å². The molecule has 1 aliphatic heterocycles.